The molecule has 2 aromatic carbocycles. The summed E-state index contributed by atoms with van der Waals surface area (Å²) in [5.41, 5.74) is 2.99. The van der Waals surface area contributed by atoms with Crippen molar-refractivity contribution in [3.63, 3.8) is 0 Å². The molecule has 0 N–H and O–H groups in total. The second kappa shape index (κ2) is 7.26. The molecule has 3 heteroatoms. The van der Waals surface area contributed by atoms with E-state index in [0.29, 0.717) is 0 Å². The quantitative estimate of drug-likeness (QED) is 0.541. The highest BCUT2D eigenvalue weighted by atomic mass is 15.5. The van der Waals surface area contributed by atoms with Gasteiger partial charge in [0.2, 0.25) is 0 Å². The molecule has 0 aliphatic heterocycles. The number of hydrogen-bond donors (Lipinski definition) is 0. The summed E-state index contributed by atoms with van der Waals surface area (Å²) < 4.78 is 2.10. The van der Waals surface area contributed by atoms with E-state index < -0.39 is 0 Å². The van der Waals surface area contributed by atoms with Crippen LogP contribution in [0.15, 0.2) is 79.9 Å². The summed E-state index contributed by atoms with van der Waals surface area (Å²) in [6.45, 7) is 7.83. The Hall–Kier alpha value is -2.68. The number of para-hydroxylation sites is 1. The second-order valence-electron chi connectivity index (χ2n) is 6.04. The molecule has 0 aliphatic rings. The molecule has 0 saturated carbocycles. The first-order chi connectivity index (χ1) is 11.8. The number of allylic oxidation sites excluding steroid dienone is 2. The zero-order valence-electron chi connectivity index (χ0n) is 13.9. The maximum atomic E-state index is 4.55. The monoisotopic (exact) mass is 317 g/mol. The van der Waals surface area contributed by atoms with Gasteiger partial charge in [0.05, 0.1) is 11.1 Å². The van der Waals surface area contributed by atoms with Crippen LogP contribution in [0, 0.1) is 0 Å². The van der Waals surface area contributed by atoms with E-state index >= 15 is 0 Å². The Kier molecular flexibility index (Phi) is 4.90. The highest BCUT2D eigenvalue weighted by Crippen LogP contribution is 2.37. The van der Waals surface area contributed by atoms with E-state index in [1.165, 1.54) is 5.56 Å². The van der Waals surface area contributed by atoms with Gasteiger partial charge in [0.15, 0.2) is 0 Å². The Morgan fingerprint density at radius 3 is 2.17 bits per heavy atom. The van der Waals surface area contributed by atoms with E-state index in [1.54, 1.807) is 0 Å². The molecule has 0 unspecified atom stereocenters. The Morgan fingerprint density at radius 1 is 0.875 bits per heavy atom. The summed E-state index contributed by atoms with van der Waals surface area (Å²) in [7, 11) is 0. The SMILES string of the molecule is C=CCCC(CCC=C)(c1ccccc1)n1nnc2ccccc21. The number of aromatic nitrogens is 3. The number of hydrogen-bond acceptors (Lipinski definition) is 2. The van der Waals surface area contributed by atoms with Crippen LogP contribution in [0.1, 0.15) is 31.2 Å². The largest absolute Gasteiger partial charge is 0.234 e. The molecule has 3 nitrogen and oxygen atoms in total. The molecule has 24 heavy (non-hydrogen) atoms. The molecule has 0 amide bonds. The number of rotatable bonds is 8. The van der Waals surface area contributed by atoms with Crippen LogP contribution in [0.25, 0.3) is 11.0 Å². The Balaban J connectivity index is 2.22. The summed E-state index contributed by atoms with van der Waals surface area (Å²) in [6, 6.07) is 18.7. The third-order valence-corrected chi connectivity index (χ3v) is 4.59. The van der Waals surface area contributed by atoms with Crippen LogP contribution in [0.3, 0.4) is 0 Å². The van der Waals surface area contributed by atoms with Crippen LogP contribution in [0.2, 0.25) is 0 Å². The van der Waals surface area contributed by atoms with Gasteiger partial charge in [0, 0.05) is 0 Å². The van der Waals surface area contributed by atoms with Crippen molar-refractivity contribution < 1.29 is 0 Å². The third-order valence-electron chi connectivity index (χ3n) is 4.59. The van der Waals surface area contributed by atoms with Crippen LogP contribution < -0.4 is 0 Å². The van der Waals surface area contributed by atoms with Crippen molar-refractivity contribution in [1.82, 2.24) is 15.0 Å². The predicted molar refractivity (Wildman–Crippen MR) is 99.9 cm³/mol. The molecule has 0 atom stereocenters. The van der Waals surface area contributed by atoms with Gasteiger partial charge in [0.25, 0.3) is 0 Å². The van der Waals surface area contributed by atoms with Crippen molar-refractivity contribution in [3.8, 4) is 0 Å². The molecule has 1 heterocycles. The highest BCUT2D eigenvalue weighted by molar-refractivity contribution is 5.74. The minimum absolute atomic E-state index is 0.250. The third kappa shape index (κ3) is 2.90. The van der Waals surface area contributed by atoms with E-state index in [2.05, 4.69) is 64.5 Å². The predicted octanol–water partition coefficient (Wildman–Crippen LogP) is 5.11. The van der Waals surface area contributed by atoms with Gasteiger partial charge >= 0.3 is 0 Å². The molecule has 122 valence electrons. The lowest BCUT2D eigenvalue weighted by Crippen LogP contribution is -2.36. The van der Waals surface area contributed by atoms with Gasteiger partial charge in [-0.05, 0) is 43.4 Å². The van der Waals surface area contributed by atoms with Gasteiger partial charge in [-0.15, -0.1) is 18.3 Å². The summed E-state index contributed by atoms with van der Waals surface area (Å²) in [5, 5.41) is 8.94. The van der Waals surface area contributed by atoms with Crippen molar-refractivity contribution in [2.75, 3.05) is 0 Å². The van der Waals surface area contributed by atoms with Crippen LogP contribution in [-0.4, -0.2) is 15.0 Å². The van der Waals surface area contributed by atoms with Crippen molar-refractivity contribution in [2.24, 2.45) is 0 Å². The van der Waals surface area contributed by atoms with E-state index in [9.17, 15) is 0 Å². The van der Waals surface area contributed by atoms with Crippen molar-refractivity contribution in [1.29, 1.82) is 0 Å². The van der Waals surface area contributed by atoms with E-state index in [-0.39, 0.29) is 5.54 Å². The lowest BCUT2D eigenvalue weighted by molar-refractivity contribution is 0.281. The molecule has 3 aromatic rings. The number of benzene rings is 2. The molecular formula is C21H23N3. The van der Waals surface area contributed by atoms with Gasteiger partial charge in [-0.25, -0.2) is 4.68 Å². The topological polar surface area (TPSA) is 30.7 Å². The minimum atomic E-state index is -0.250. The fourth-order valence-corrected chi connectivity index (χ4v) is 3.36. The van der Waals surface area contributed by atoms with Crippen LogP contribution in [0.4, 0.5) is 0 Å². The fourth-order valence-electron chi connectivity index (χ4n) is 3.36. The zero-order chi connectivity index (χ0) is 16.8. The van der Waals surface area contributed by atoms with Crippen molar-refractivity contribution in [2.45, 2.75) is 31.2 Å². The Bertz CT molecular complexity index is 805. The number of fused-ring (bicyclic) bond motifs is 1. The van der Waals surface area contributed by atoms with Gasteiger partial charge in [-0.3, -0.25) is 0 Å². The average Bonchev–Trinajstić information content (AvgIpc) is 3.08. The molecule has 3 rings (SSSR count). The summed E-state index contributed by atoms with van der Waals surface area (Å²) in [4.78, 5) is 0. The number of nitrogens with zero attached hydrogens (tertiary/aromatic N) is 3. The molecule has 0 radical (unpaired) electrons. The molecular weight excluding hydrogens is 294 g/mol. The highest BCUT2D eigenvalue weighted by Gasteiger charge is 2.35. The molecule has 1 aromatic heterocycles. The lowest BCUT2D eigenvalue weighted by Gasteiger charge is -2.35. The summed E-state index contributed by atoms with van der Waals surface area (Å²) in [5.74, 6) is 0. The maximum absolute atomic E-state index is 4.55. The zero-order valence-corrected chi connectivity index (χ0v) is 13.9. The van der Waals surface area contributed by atoms with E-state index in [1.807, 2.05) is 30.4 Å². The summed E-state index contributed by atoms with van der Waals surface area (Å²) in [6.07, 6.45) is 7.65. The van der Waals surface area contributed by atoms with E-state index in [0.717, 1.165) is 36.7 Å². The van der Waals surface area contributed by atoms with Gasteiger partial charge in [-0.1, -0.05) is 59.8 Å². The van der Waals surface area contributed by atoms with Crippen molar-refractivity contribution in [3.05, 3.63) is 85.5 Å². The van der Waals surface area contributed by atoms with Gasteiger partial charge < -0.3 is 0 Å². The standard InChI is InChI=1S/C21H23N3/c1-3-5-16-21(17-6-4-2,18-12-8-7-9-13-18)24-20-15-11-10-14-19(20)22-23-24/h3-4,7-15H,1-2,5-6,16-17H2. The normalized spacial score (nSPS) is 11.5. The lowest BCUT2D eigenvalue weighted by atomic mass is 9.81. The molecule has 0 saturated heterocycles. The molecule has 0 fully saturated rings. The molecule has 0 bridgehead atoms. The molecule has 0 spiro atoms. The fraction of sp³-hybridized carbons (Fsp3) is 0.238. The first kappa shape index (κ1) is 16.2. The Morgan fingerprint density at radius 2 is 1.50 bits per heavy atom. The smallest absolute Gasteiger partial charge is 0.113 e. The maximum Gasteiger partial charge on any atom is 0.113 e. The van der Waals surface area contributed by atoms with Crippen LogP contribution in [0.5, 0.6) is 0 Å². The first-order valence-electron chi connectivity index (χ1n) is 8.40. The first-order valence-corrected chi connectivity index (χ1v) is 8.40. The van der Waals surface area contributed by atoms with Gasteiger partial charge in [0.1, 0.15) is 5.52 Å². The Labute approximate surface area is 143 Å². The van der Waals surface area contributed by atoms with Crippen molar-refractivity contribution >= 4 is 11.0 Å². The minimum Gasteiger partial charge on any atom is -0.234 e. The molecule has 0 aliphatic carbocycles. The summed E-state index contributed by atoms with van der Waals surface area (Å²) >= 11 is 0. The average molecular weight is 317 g/mol. The van der Waals surface area contributed by atoms with Crippen LogP contribution >= 0.6 is 0 Å². The van der Waals surface area contributed by atoms with Crippen LogP contribution in [-0.2, 0) is 5.54 Å². The second-order valence-corrected chi connectivity index (χ2v) is 6.04. The van der Waals surface area contributed by atoms with E-state index in [4.69, 9.17) is 0 Å². The van der Waals surface area contributed by atoms with Gasteiger partial charge in [-0.2, -0.15) is 0 Å².